The third-order valence-electron chi connectivity index (χ3n) is 3.26. The van der Waals surface area contributed by atoms with Gasteiger partial charge in [0.1, 0.15) is 5.76 Å². The maximum atomic E-state index is 12.3. The van der Waals surface area contributed by atoms with Crippen LogP contribution in [0.25, 0.3) is 0 Å². The maximum absolute atomic E-state index is 12.3. The molecule has 5 heteroatoms. The lowest BCUT2D eigenvalue weighted by Crippen LogP contribution is -2.38. The van der Waals surface area contributed by atoms with Gasteiger partial charge in [-0.2, -0.15) is 0 Å². The van der Waals surface area contributed by atoms with Gasteiger partial charge in [0, 0.05) is 0 Å². The summed E-state index contributed by atoms with van der Waals surface area (Å²) >= 11 is 0. The van der Waals surface area contributed by atoms with E-state index in [1.54, 1.807) is 36.6 Å². The first-order valence-corrected chi connectivity index (χ1v) is 6.43. The molecule has 0 radical (unpaired) electrons. The normalized spacial score (nSPS) is 18.8. The Morgan fingerprint density at radius 1 is 1.15 bits per heavy atom. The highest BCUT2D eigenvalue weighted by atomic mass is 16.3. The second-order valence-electron chi connectivity index (χ2n) is 4.62. The van der Waals surface area contributed by atoms with Crippen LogP contribution in [0.3, 0.4) is 0 Å². The molecule has 1 aliphatic rings. The van der Waals surface area contributed by atoms with Crippen molar-refractivity contribution in [2.75, 3.05) is 4.90 Å². The summed E-state index contributed by atoms with van der Waals surface area (Å²) in [5.41, 5.74) is 0.616. The molecule has 0 aliphatic carbocycles. The number of amides is 2. The molecule has 102 valence electrons. The second kappa shape index (κ2) is 5.30. The molecule has 0 spiro atoms. The number of hydrogen-bond donors (Lipinski definition) is 1. The van der Waals surface area contributed by atoms with E-state index in [9.17, 15) is 9.59 Å². The van der Waals surface area contributed by atoms with Gasteiger partial charge >= 0.3 is 0 Å². The Morgan fingerprint density at radius 3 is 2.65 bits per heavy atom. The van der Waals surface area contributed by atoms with E-state index in [1.807, 2.05) is 12.1 Å². The third kappa shape index (κ3) is 2.35. The summed E-state index contributed by atoms with van der Waals surface area (Å²) < 4.78 is 5.19. The number of nitrogens with one attached hydrogen (secondary N) is 1. The van der Waals surface area contributed by atoms with Gasteiger partial charge in [-0.15, -0.1) is 0 Å². The lowest BCUT2D eigenvalue weighted by molar-refractivity contribution is -0.121. The van der Waals surface area contributed by atoms with Crippen molar-refractivity contribution in [3.63, 3.8) is 0 Å². The number of furan rings is 1. The fourth-order valence-electron chi connectivity index (χ4n) is 2.28. The van der Waals surface area contributed by atoms with Crippen molar-refractivity contribution < 1.29 is 14.0 Å². The minimum atomic E-state index is -0.493. The number of carbonyl (C=O) groups excluding carboxylic acids is 2. The van der Waals surface area contributed by atoms with Gasteiger partial charge in [0.25, 0.3) is 5.91 Å². The van der Waals surface area contributed by atoms with Gasteiger partial charge in [0.05, 0.1) is 31.0 Å². The highest BCUT2D eigenvalue weighted by Crippen LogP contribution is 2.22. The fraction of sp³-hybridized carbons (Fsp3) is 0.200. The average molecular weight is 270 g/mol. The zero-order valence-corrected chi connectivity index (χ0v) is 10.8. The van der Waals surface area contributed by atoms with Crippen molar-refractivity contribution in [2.45, 2.75) is 19.0 Å². The molecule has 2 amide bonds. The van der Waals surface area contributed by atoms with E-state index in [0.29, 0.717) is 12.2 Å². The largest absolute Gasteiger partial charge is 0.468 e. The lowest BCUT2D eigenvalue weighted by atomic mass is 10.2. The predicted octanol–water partition coefficient (Wildman–Crippen LogP) is 1.70. The van der Waals surface area contributed by atoms with Crippen molar-refractivity contribution >= 4 is 17.5 Å². The van der Waals surface area contributed by atoms with Gasteiger partial charge in [0.15, 0.2) is 0 Å². The molecule has 1 aromatic carbocycles. The zero-order chi connectivity index (χ0) is 13.9. The van der Waals surface area contributed by atoms with Crippen LogP contribution in [0.5, 0.6) is 0 Å². The van der Waals surface area contributed by atoms with Gasteiger partial charge < -0.3 is 4.42 Å². The first-order valence-electron chi connectivity index (χ1n) is 6.43. The van der Waals surface area contributed by atoms with Gasteiger partial charge in [0.2, 0.25) is 5.91 Å². The van der Waals surface area contributed by atoms with E-state index in [4.69, 9.17) is 4.42 Å². The summed E-state index contributed by atoms with van der Waals surface area (Å²) in [5, 5.41) is 3.06. The molecule has 1 atom stereocenters. The maximum Gasteiger partial charge on any atom is 0.251 e. The minimum absolute atomic E-state index is 0.175. The molecule has 3 rings (SSSR count). The Morgan fingerprint density at radius 2 is 1.95 bits per heavy atom. The van der Waals surface area contributed by atoms with Crippen LogP contribution in [-0.2, 0) is 16.1 Å². The van der Waals surface area contributed by atoms with Gasteiger partial charge in [-0.3, -0.25) is 14.9 Å². The highest BCUT2D eigenvalue weighted by Gasteiger charge is 2.39. The van der Waals surface area contributed by atoms with E-state index in [-0.39, 0.29) is 18.2 Å². The van der Waals surface area contributed by atoms with Crippen LogP contribution in [-0.4, -0.2) is 17.9 Å². The lowest BCUT2D eigenvalue weighted by Gasteiger charge is -2.15. The summed E-state index contributed by atoms with van der Waals surface area (Å²) in [6, 6.07) is 12.1. The number of hydrogen-bond acceptors (Lipinski definition) is 4. The van der Waals surface area contributed by atoms with Crippen LogP contribution >= 0.6 is 0 Å². The molecule has 0 bridgehead atoms. The molecule has 1 aromatic heterocycles. The van der Waals surface area contributed by atoms with Crippen molar-refractivity contribution in [1.29, 1.82) is 0 Å². The first kappa shape index (κ1) is 12.6. The number of imide groups is 1. The van der Waals surface area contributed by atoms with Crippen LogP contribution in [0.1, 0.15) is 12.2 Å². The monoisotopic (exact) mass is 270 g/mol. The third-order valence-corrected chi connectivity index (χ3v) is 3.26. The summed E-state index contributed by atoms with van der Waals surface area (Å²) in [5.74, 6) is 0.342. The Balaban J connectivity index is 1.70. The predicted molar refractivity (Wildman–Crippen MR) is 72.9 cm³/mol. The second-order valence-corrected chi connectivity index (χ2v) is 4.62. The van der Waals surface area contributed by atoms with E-state index in [2.05, 4.69) is 5.32 Å². The quantitative estimate of drug-likeness (QED) is 0.859. The Hall–Kier alpha value is -2.40. The topological polar surface area (TPSA) is 62.6 Å². The van der Waals surface area contributed by atoms with Crippen LogP contribution in [0, 0.1) is 0 Å². The molecule has 1 aliphatic heterocycles. The Kier molecular flexibility index (Phi) is 3.35. The van der Waals surface area contributed by atoms with Crippen LogP contribution in [0.2, 0.25) is 0 Å². The Labute approximate surface area is 116 Å². The molecule has 1 fully saturated rings. The highest BCUT2D eigenvalue weighted by molar-refractivity contribution is 6.22. The molecular formula is C15H14N2O3. The summed E-state index contributed by atoms with van der Waals surface area (Å²) in [7, 11) is 0. The minimum Gasteiger partial charge on any atom is -0.468 e. The summed E-state index contributed by atoms with van der Waals surface area (Å²) in [4.78, 5) is 25.5. The van der Waals surface area contributed by atoms with Crippen LogP contribution in [0.4, 0.5) is 5.69 Å². The van der Waals surface area contributed by atoms with E-state index in [0.717, 1.165) is 5.76 Å². The van der Waals surface area contributed by atoms with Crippen molar-refractivity contribution in [2.24, 2.45) is 0 Å². The van der Waals surface area contributed by atoms with Gasteiger partial charge in [-0.1, -0.05) is 18.2 Å². The van der Waals surface area contributed by atoms with Crippen molar-refractivity contribution in [3.8, 4) is 0 Å². The number of nitrogens with zero attached hydrogens (tertiary/aromatic N) is 1. The molecule has 20 heavy (non-hydrogen) atoms. The molecule has 1 saturated heterocycles. The average Bonchev–Trinajstić information content (AvgIpc) is 3.06. The number of rotatable bonds is 4. The first-order chi connectivity index (χ1) is 9.75. The van der Waals surface area contributed by atoms with E-state index < -0.39 is 6.04 Å². The molecule has 1 N–H and O–H groups in total. The van der Waals surface area contributed by atoms with E-state index >= 15 is 0 Å². The van der Waals surface area contributed by atoms with Crippen molar-refractivity contribution in [1.82, 2.24) is 5.32 Å². The number of benzene rings is 1. The van der Waals surface area contributed by atoms with Crippen LogP contribution in [0.15, 0.2) is 53.1 Å². The van der Waals surface area contributed by atoms with Crippen LogP contribution < -0.4 is 10.2 Å². The number of carbonyl (C=O) groups is 2. The molecule has 5 nitrogen and oxygen atoms in total. The summed E-state index contributed by atoms with van der Waals surface area (Å²) in [6.07, 6.45) is 1.75. The zero-order valence-electron chi connectivity index (χ0n) is 10.8. The Bertz CT molecular complexity index is 607. The molecule has 2 heterocycles. The fourth-order valence-corrected chi connectivity index (χ4v) is 2.28. The number of para-hydroxylation sites is 1. The molecular weight excluding hydrogens is 256 g/mol. The van der Waals surface area contributed by atoms with Crippen molar-refractivity contribution in [3.05, 3.63) is 54.5 Å². The molecule has 2 aromatic rings. The standard InChI is InChI=1S/C15H14N2O3/c18-14-9-13(16-10-12-7-4-8-20-12)15(19)17(14)11-5-2-1-3-6-11/h1-8,13,16H,9-10H2. The SMILES string of the molecule is O=C1CC(NCc2ccco2)C(=O)N1c1ccccc1. The van der Waals surface area contributed by atoms with E-state index in [1.165, 1.54) is 4.90 Å². The molecule has 1 unspecified atom stereocenters. The van der Waals surface area contributed by atoms with Gasteiger partial charge in [-0.25, -0.2) is 4.90 Å². The van der Waals surface area contributed by atoms with Gasteiger partial charge in [-0.05, 0) is 24.3 Å². The number of anilines is 1. The summed E-state index contributed by atoms with van der Waals surface area (Å²) in [6.45, 7) is 0.430. The molecule has 0 saturated carbocycles. The smallest absolute Gasteiger partial charge is 0.251 e.